The molecule has 0 saturated carbocycles. The molecule has 35 heavy (non-hydrogen) atoms. The Labute approximate surface area is 205 Å². The molecule has 11 heteroatoms. The minimum Gasteiger partial charge on any atom is -0.493 e. The molecule has 2 aromatic heterocycles. The Morgan fingerprint density at radius 1 is 0.971 bits per heavy atom. The van der Waals surface area contributed by atoms with E-state index >= 15 is 0 Å². The van der Waals surface area contributed by atoms with E-state index in [0.29, 0.717) is 45.6 Å². The summed E-state index contributed by atoms with van der Waals surface area (Å²) in [6.45, 7) is 0. The predicted molar refractivity (Wildman–Crippen MR) is 131 cm³/mol. The number of halogens is 1. The van der Waals surface area contributed by atoms with Gasteiger partial charge < -0.3 is 19.5 Å². The number of hydrogen-bond acceptors (Lipinski definition) is 7. The fourth-order valence-corrected chi connectivity index (χ4v) is 3.30. The summed E-state index contributed by atoms with van der Waals surface area (Å²) in [4.78, 5) is 32.0. The summed E-state index contributed by atoms with van der Waals surface area (Å²) in [7, 11) is 3.12. The number of benzene rings is 2. The maximum atomic E-state index is 12.3. The standard InChI is InChI=1S/C24H20ClN5O5/c1-33-21-11-18-19(12-22(21)34-2)26-10-9-20(18)35-17-6-4-16(5-7-17)28-24(32)29-30(14-31)23-8-3-15(25)13-27-23/h3-14H,1-2H3,(H2,28,29,32). The van der Waals surface area contributed by atoms with Crippen molar-refractivity contribution in [3.8, 4) is 23.0 Å². The van der Waals surface area contributed by atoms with Crippen molar-refractivity contribution in [2.45, 2.75) is 0 Å². The first-order chi connectivity index (χ1) is 17.0. The predicted octanol–water partition coefficient (Wildman–Crippen LogP) is 4.79. The normalized spacial score (nSPS) is 10.4. The van der Waals surface area contributed by atoms with Crippen molar-refractivity contribution < 1.29 is 23.8 Å². The van der Waals surface area contributed by atoms with E-state index in [2.05, 4.69) is 20.7 Å². The summed E-state index contributed by atoms with van der Waals surface area (Å²) < 4.78 is 16.7. The van der Waals surface area contributed by atoms with Crippen LogP contribution in [-0.2, 0) is 4.79 Å². The number of hydrogen-bond donors (Lipinski definition) is 2. The van der Waals surface area contributed by atoms with Crippen molar-refractivity contribution in [1.29, 1.82) is 0 Å². The highest BCUT2D eigenvalue weighted by atomic mass is 35.5. The fourth-order valence-electron chi connectivity index (χ4n) is 3.19. The van der Waals surface area contributed by atoms with Gasteiger partial charge in [-0.3, -0.25) is 9.78 Å². The van der Waals surface area contributed by atoms with Gasteiger partial charge in [0.25, 0.3) is 0 Å². The number of aromatic nitrogens is 2. The molecule has 0 radical (unpaired) electrons. The first-order valence-electron chi connectivity index (χ1n) is 10.2. The Kier molecular flexibility index (Phi) is 7.12. The first kappa shape index (κ1) is 23.6. The van der Waals surface area contributed by atoms with Gasteiger partial charge in [-0.15, -0.1) is 0 Å². The van der Waals surface area contributed by atoms with Crippen LogP contribution >= 0.6 is 11.6 Å². The topological polar surface area (TPSA) is 115 Å². The van der Waals surface area contributed by atoms with Crippen LogP contribution in [0.25, 0.3) is 10.9 Å². The van der Waals surface area contributed by atoms with Crippen LogP contribution in [0.3, 0.4) is 0 Å². The van der Waals surface area contributed by atoms with E-state index in [1.165, 1.54) is 12.3 Å². The summed E-state index contributed by atoms with van der Waals surface area (Å²) in [6.07, 6.45) is 3.43. The SMILES string of the molecule is COc1cc2nccc(Oc3ccc(NC(=O)NN(C=O)c4ccc(Cl)cn4)cc3)c2cc1OC. The highest BCUT2D eigenvalue weighted by Gasteiger charge is 2.13. The fraction of sp³-hybridized carbons (Fsp3) is 0.0833. The Morgan fingerprint density at radius 2 is 1.71 bits per heavy atom. The molecule has 178 valence electrons. The van der Waals surface area contributed by atoms with E-state index in [1.807, 2.05) is 0 Å². The molecule has 4 aromatic rings. The average Bonchev–Trinajstić information content (AvgIpc) is 2.88. The van der Waals surface area contributed by atoms with Crippen molar-refractivity contribution in [1.82, 2.24) is 15.4 Å². The van der Waals surface area contributed by atoms with Gasteiger partial charge in [0.15, 0.2) is 17.3 Å². The number of methoxy groups -OCH3 is 2. The van der Waals surface area contributed by atoms with Gasteiger partial charge >= 0.3 is 6.03 Å². The zero-order valence-electron chi connectivity index (χ0n) is 18.7. The molecule has 0 bridgehead atoms. The van der Waals surface area contributed by atoms with Gasteiger partial charge in [-0.05, 0) is 48.5 Å². The zero-order valence-corrected chi connectivity index (χ0v) is 19.4. The third kappa shape index (κ3) is 5.50. The van der Waals surface area contributed by atoms with Gasteiger partial charge in [0.2, 0.25) is 6.41 Å². The second-order valence-corrected chi connectivity index (χ2v) is 7.47. The monoisotopic (exact) mass is 493 g/mol. The number of nitrogens with one attached hydrogen (secondary N) is 2. The molecule has 10 nitrogen and oxygen atoms in total. The van der Waals surface area contributed by atoms with Gasteiger partial charge in [-0.1, -0.05) is 11.6 Å². The smallest absolute Gasteiger partial charge is 0.338 e. The van der Waals surface area contributed by atoms with Gasteiger partial charge in [0.05, 0.1) is 24.8 Å². The molecule has 0 saturated heterocycles. The molecule has 0 aliphatic carbocycles. The highest BCUT2D eigenvalue weighted by molar-refractivity contribution is 6.30. The molecule has 0 fully saturated rings. The molecule has 0 aliphatic rings. The quantitative estimate of drug-likeness (QED) is 0.268. The van der Waals surface area contributed by atoms with E-state index in [9.17, 15) is 9.59 Å². The van der Waals surface area contributed by atoms with E-state index in [4.69, 9.17) is 25.8 Å². The third-order valence-corrected chi connectivity index (χ3v) is 5.06. The second-order valence-electron chi connectivity index (χ2n) is 7.04. The number of urea groups is 1. The lowest BCUT2D eigenvalue weighted by Crippen LogP contribution is -2.44. The van der Waals surface area contributed by atoms with Crippen molar-refractivity contribution in [2.24, 2.45) is 0 Å². The zero-order chi connectivity index (χ0) is 24.8. The van der Waals surface area contributed by atoms with E-state index in [-0.39, 0.29) is 5.82 Å². The van der Waals surface area contributed by atoms with Gasteiger partial charge in [-0.2, -0.15) is 0 Å². The maximum Gasteiger partial charge on any atom is 0.338 e. The number of rotatable bonds is 8. The van der Waals surface area contributed by atoms with E-state index in [0.717, 1.165) is 10.4 Å². The largest absolute Gasteiger partial charge is 0.493 e. The number of amides is 3. The molecule has 2 heterocycles. The molecule has 2 aromatic carbocycles. The molecule has 0 unspecified atom stereocenters. The van der Waals surface area contributed by atoms with Crippen molar-refractivity contribution in [3.05, 3.63) is 72.0 Å². The molecule has 0 spiro atoms. The summed E-state index contributed by atoms with van der Waals surface area (Å²) in [6, 6.07) is 14.4. The van der Waals surface area contributed by atoms with Crippen LogP contribution in [0, 0.1) is 0 Å². The Morgan fingerprint density at radius 3 is 2.37 bits per heavy atom. The van der Waals surface area contributed by atoms with Gasteiger partial charge in [-0.25, -0.2) is 20.2 Å². The summed E-state index contributed by atoms with van der Waals surface area (Å²) in [5, 5.41) is 4.72. The maximum absolute atomic E-state index is 12.3. The molecule has 4 rings (SSSR count). The van der Waals surface area contributed by atoms with Gasteiger partial charge in [0, 0.05) is 29.5 Å². The number of carbonyl (C=O) groups is 2. The second kappa shape index (κ2) is 10.6. The molecular formula is C24H20ClN5O5. The number of ether oxygens (including phenoxy) is 3. The van der Waals surface area contributed by atoms with Crippen LogP contribution in [-0.4, -0.2) is 36.6 Å². The number of pyridine rings is 2. The number of anilines is 2. The van der Waals surface area contributed by atoms with E-state index < -0.39 is 6.03 Å². The van der Waals surface area contributed by atoms with Gasteiger partial charge in [0.1, 0.15) is 11.5 Å². The van der Waals surface area contributed by atoms with Crippen LogP contribution in [0.5, 0.6) is 23.0 Å². The Balaban J connectivity index is 1.44. The van der Waals surface area contributed by atoms with E-state index in [1.54, 1.807) is 68.9 Å². The summed E-state index contributed by atoms with van der Waals surface area (Å²) >= 11 is 5.80. The number of hydrazine groups is 1. The molecule has 0 atom stereocenters. The number of nitrogens with zero attached hydrogens (tertiary/aromatic N) is 3. The number of carbonyl (C=O) groups excluding carboxylic acids is 2. The molecule has 0 aliphatic heterocycles. The lowest BCUT2D eigenvalue weighted by atomic mass is 10.2. The first-order valence-corrected chi connectivity index (χ1v) is 10.6. The van der Waals surface area contributed by atoms with Crippen LogP contribution in [0.4, 0.5) is 16.3 Å². The lowest BCUT2D eigenvalue weighted by Gasteiger charge is -2.17. The van der Waals surface area contributed by atoms with Crippen LogP contribution in [0.2, 0.25) is 5.02 Å². The Bertz CT molecular complexity index is 1350. The summed E-state index contributed by atoms with van der Waals surface area (Å²) in [5.41, 5.74) is 3.56. The Hall–Kier alpha value is -4.57. The number of fused-ring (bicyclic) bond motifs is 1. The highest BCUT2D eigenvalue weighted by Crippen LogP contribution is 2.37. The van der Waals surface area contributed by atoms with Crippen molar-refractivity contribution in [2.75, 3.05) is 24.5 Å². The van der Waals surface area contributed by atoms with Crippen molar-refractivity contribution in [3.63, 3.8) is 0 Å². The minimum absolute atomic E-state index is 0.210. The lowest BCUT2D eigenvalue weighted by molar-refractivity contribution is -0.107. The van der Waals surface area contributed by atoms with Crippen LogP contribution in [0.1, 0.15) is 0 Å². The van der Waals surface area contributed by atoms with Crippen molar-refractivity contribution >= 4 is 46.5 Å². The molecular weight excluding hydrogens is 474 g/mol. The average molecular weight is 494 g/mol. The van der Waals surface area contributed by atoms with Crippen LogP contribution < -0.4 is 30.0 Å². The van der Waals surface area contributed by atoms with Crippen LogP contribution in [0.15, 0.2) is 67.0 Å². The molecule has 3 amide bonds. The third-order valence-electron chi connectivity index (χ3n) is 4.83. The molecule has 2 N–H and O–H groups in total. The minimum atomic E-state index is -0.635. The summed E-state index contributed by atoms with van der Waals surface area (Å²) in [5.74, 6) is 2.45.